The van der Waals surface area contributed by atoms with Gasteiger partial charge in [0.25, 0.3) is 0 Å². The molecule has 7 nitrogen and oxygen atoms in total. The smallest absolute Gasteiger partial charge is 0.244 e. The Balaban J connectivity index is 2.45. The minimum absolute atomic E-state index is 0.0901. The summed E-state index contributed by atoms with van der Waals surface area (Å²) >= 11 is 12.3. The lowest BCUT2D eigenvalue weighted by atomic mass is 10.1. The minimum Gasteiger partial charge on any atom is -0.350 e. The summed E-state index contributed by atoms with van der Waals surface area (Å²) in [6.45, 7) is 8.66. The molecule has 2 amide bonds. The van der Waals surface area contributed by atoms with Gasteiger partial charge in [-0.05, 0) is 58.4 Å². The zero-order valence-electron chi connectivity index (χ0n) is 20.2. The van der Waals surface area contributed by atoms with Crippen molar-refractivity contribution in [3.8, 4) is 0 Å². The molecular weight excluding hydrogens is 497 g/mol. The summed E-state index contributed by atoms with van der Waals surface area (Å²) in [5.74, 6) is -0.903. The molecule has 0 saturated heterocycles. The number of carbonyl (C=O) groups is 2. The Morgan fingerprint density at radius 2 is 1.74 bits per heavy atom. The Morgan fingerprint density at radius 3 is 2.29 bits per heavy atom. The Kier molecular flexibility index (Phi) is 9.02. The number of sulfonamides is 1. The zero-order valence-corrected chi connectivity index (χ0v) is 22.6. The van der Waals surface area contributed by atoms with Gasteiger partial charge in [0.15, 0.2) is 0 Å². The number of hydrogen-bond acceptors (Lipinski definition) is 4. The quantitative estimate of drug-likeness (QED) is 0.551. The Labute approximate surface area is 212 Å². The number of hydrogen-bond donors (Lipinski definition) is 1. The first kappa shape index (κ1) is 28.0. The lowest BCUT2D eigenvalue weighted by Crippen LogP contribution is -2.54. The number of nitrogens with one attached hydrogen (secondary N) is 1. The molecule has 186 valence electrons. The molecule has 0 spiro atoms. The van der Waals surface area contributed by atoms with Crippen molar-refractivity contribution in [3.63, 3.8) is 0 Å². The van der Waals surface area contributed by atoms with Gasteiger partial charge in [-0.2, -0.15) is 0 Å². The fourth-order valence-electron chi connectivity index (χ4n) is 3.34. The lowest BCUT2D eigenvalue weighted by Gasteiger charge is -2.33. The molecule has 0 radical (unpaired) electrons. The zero-order chi connectivity index (χ0) is 25.8. The molecule has 0 heterocycles. The van der Waals surface area contributed by atoms with Crippen LogP contribution in [0.4, 0.5) is 5.69 Å². The van der Waals surface area contributed by atoms with E-state index in [1.165, 1.54) is 23.1 Å². The van der Waals surface area contributed by atoms with Gasteiger partial charge in [0.2, 0.25) is 21.8 Å². The molecule has 1 N–H and O–H groups in total. The third-order valence-electron chi connectivity index (χ3n) is 4.96. The van der Waals surface area contributed by atoms with Crippen LogP contribution in [0.1, 0.15) is 38.8 Å². The van der Waals surface area contributed by atoms with Crippen LogP contribution in [0.3, 0.4) is 0 Å². The van der Waals surface area contributed by atoms with Crippen LogP contribution < -0.4 is 9.62 Å². The number of halogens is 2. The largest absolute Gasteiger partial charge is 0.350 e. The van der Waals surface area contributed by atoms with E-state index in [0.717, 1.165) is 21.7 Å². The Bertz CT molecular complexity index is 1160. The highest BCUT2D eigenvalue weighted by molar-refractivity contribution is 7.92. The van der Waals surface area contributed by atoms with Crippen molar-refractivity contribution in [3.05, 3.63) is 63.6 Å². The second-order valence-corrected chi connectivity index (χ2v) is 12.0. The molecule has 0 aliphatic heterocycles. The fraction of sp³-hybridized carbons (Fsp3) is 0.417. The number of amides is 2. The first-order chi connectivity index (χ1) is 15.6. The van der Waals surface area contributed by atoms with Crippen molar-refractivity contribution >= 4 is 50.7 Å². The van der Waals surface area contributed by atoms with E-state index in [1.807, 2.05) is 52.0 Å². The second-order valence-electron chi connectivity index (χ2n) is 9.29. The van der Waals surface area contributed by atoms with Crippen LogP contribution in [-0.2, 0) is 26.2 Å². The van der Waals surface area contributed by atoms with Crippen LogP contribution in [0.15, 0.2) is 42.5 Å². The van der Waals surface area contributed by atoms with Gasteiger partial charge in [-0.3, -0.25) is 13.9 Å². The van der Waals surface area contributed by atoms with Gasteiger partial charge >= 0.3 is 0 Å². The third kappa shape index (κ3) is 7.89. The van der Waals surface area contributed by atoms with E-state index in [1.54, 1.807) is 6.92 Å². The first-order valence-corrected chi connectivity index (χ1v) is 13.3. The fourth-order valence-corrected chi connectivity index (χ4v) is 4.62. The van der Waals surface area contributed by atoms with Crippen molar-refractivity contribution in [2.24, 2.45) is 0 Å². The summed E-state index contributed by atoms with van der Waals surface area (Å²) < 4.78 is 26.1. The molecule has 0 aromatic heterocycles. The van der Waals surface area contributed by atoms with Crippen molar-refractivity contribution in [1.29, 1.82) is 0 Å². The van der Waals surface area contributed by atoms with Crippen molar-refractivity contribution in [1.82, 2.24) is 10.2 Å². The summed E-state index contributed by atoms with van der Waals surface area (Å²) in [6.07, 6.45) is 0.984. The number of nitrogens with zero attached hydrogens (tertiary/aromatic N) is 2. The van der Waals surface area contributed by atoms with Crippen LogP contribution >= 0.6 is 23.2 Å². The molecule has 10 heteroatoms. The van der Waals surface area contributed by atoms with Crippen molar-refractivity contribution in [2.75, 3.05) is 17.1 Å². The maximum Gasteiger partial charge on any atom is 0.244 e. The van der Waals surface area contributed by atoms with Crippen LogP contribution in [0.2, 0.25) is 10.0 Å². The number of rotatable bonds is 8. The molecule has 34 heavy (non-hydrogen) atoms. The van der Waals surface area contributed by atoms with Gasteiger partial charge in [0, 0.05) is 17.1 Å². The third-order valence-corrected chi connectivity index (χ3v) is 6.64. The monoisotopic (exact) mass is 527 g/mol. The van der Waals surface area contributed by atoms with E-state index < -0.39 is 34.1 Å². The highest BCUT2D eigenvalue weighted by Gasteiger charge is 2.32. The van der Waals surface area contributed by atoms with Gasteiger partial charge in [-0.25, -0.2) is 8.42 Å². The van der Waals surface area contributed by atoms with E-state index in [4.69, 9.17) is 23.2 Å². The standard InChI is InChI=1S/C24H31Cl2N3O4S/c1-16-8-7-9-18(12-16)14-28(17(2)23(31)27-24(3,4)5)22(30)15-29(34(6,32)33)21-13-19(25)10-11-20(21)26/h7-13,17H,14-15H2,1-6H3,(H,27,31)/t17-/m0/s1. The van der Waals surface area contributed by atoms with Crippen LogP contribution in [0.25, 0.3) is 0 Å². The summed E-state index contributed by atoms with van der Waals surface area (Å²) in [5.41, 5.74) is 1.40. The summed E-state index contributed by atoms with van der Waals surface area (Å²) in [5, 5.41) is 3.28. The molecular formula is C24H31Cl2N3O4S. The average Bonchev–Trinajstić information content (AvgIpc) is 2.69. The predicted molar refractivity (Wildman–Crippen MR) is 138 cm³/mol. The molecule has 2 aromatic rings. The second kappa shape index (κ2) is 11.0. The Morgan fingerprint density at radius 1 is 1.09 bits per heavy atom. The van der Waals surface area contributed by atoms with Gasteiger partial charge in [-0.15, -0.1) is 0 Å². The predicted octanol–water partition coefficient (Wildman–Crippen LogP) is 4.40. The number of aryl methyl sites for hydroxylation is 1. The lowest BCUT2D eigenvalue weighted by molar-refractivity contribution is -0.140. The molecule has 0 saturated carbocycles. The maximum absolute atomic E-state index is 13.5. The normalized spacial score (nSPS) is 12.7. The topological polar surface area (TPSA) is 86.8 Å². The molecule has 2 rings (SSSR count). The summed E-state index contributed by atoms with van der Waals surface area (Å²) in [6, 6.07) is 11.1. The molecule has 0 fully saturated rings. The van der Waals surface area contributed by atoms with E-state index in [9.17, 15) is 18.0 Å². The number of carbonyl (C=O) groups excluding carboxylic acids is 2. The highest BCUT2D eigenvalue weighted by Crippen LogP contribution is 2.31. The van der Waals surface area contributed by atoms with E-state index >= 15 is 0 Å². The van der Waals surface area contributed by atoms with Crippen LogP contribution in [0, 0.1) is 6.92 Å². The molecule has 1 atom stereocenters. The van der Waals surface area contributed by atoms with E-state index in [0.29, 0.717) is 0 Å². The van der Waals surface area contributed by atoms with Gasteiger partial charge in [0.1, 0.15) is 12.6 Å². The molecule has 0 bridgehead atoms. The first-order valence-electron chi connectivity index (χ1n) is 10.7. The minimum atomic E-state index is -3.90. The summed E-state index contributed by atoms with van der Waals surface area (Å²) in [4.78, 5) is 27.8. The average molecular weight is 529 g/mol. The van der Waals surface area contributed by atoms with Crippen molar-refractivity contribution in [2.45, 2.75) is 52.7 Å². The molecule has 2 aromatic carbocycles. The summed E-state index contributed by atoms with van der Waals surface area (Å²) in [7, 11) is -3.90. The molecule has 0 unspecified atom stereocenters. The van der Waals surface area contributed by atoms with E-state index in [2.05, 4.69) is 5.32 Å². The van der Waals surface area contributed by atoms with E-state index in [-0.39, 0.29) is 28.2 Å². The maximum atomic E-state index is 13.5. The molecule has 0 aliphatic carbocycles. The van der Waals surface area contributed by atoms with Gasteiger partial charge in [-0.1, -0.05) is 53.0 Å². The Hall–Kier alpha value is -2.29. The van der Waals surface area contributed by atoms with Crippen LogP contribution in [-0.4, -0.2) is 49.5 Å². The molecule has 0 aliphatic rings. The van der Waals surface area contributed by atoms with Crippen molar-refractivity contribution < 1.29 is 18.0 Å². The van der Waals surface area contributed by atoms with Gasteiger partial charge < -0.3 is 10.2 Å². The van der Waals surface area contributed by atoms with Gasteiger partial charge in [0.05, 0.1) is 17.0 Å². The highest BCUT2D eigenvalue weighted by atomic mass is 35.5. The number of anilines is 1. The SMILES string of the molecule is Cc1cccc(CN(C(=O)CN(c2cc(Cl)ccc2Cl)S(C)(=O)=O)[C@@H](C)C(=O)NC(C)(C)C)c1. The number of benzene rings is 2. The van der Waals surface area contributed by atoms with Crippen LogP contribution in [0.5, 0.6) is 0 Å².